The highest BCUT2D eigenvalue weighted by Crippen LogP contribution is 2.28. The maximum atomic E-state index is 4.76. The second-order valence-electron chi connectivity index (χ2n) is 4.66. The van der Waals surface area contributed by atoms with Crippen LogP contribution in [-0.4, -0.2) is 18.1 Å². The van der Waals surface area contributed by atoms with Gasteiger partial charge in [0.1, 0.15) is 0 Å². The van der Waals surface area contributed by atoms with Gasteiger partial charge >= 0.3 is 0 Å². The summed E-state index contributed by atoms with van der Waals surface area (Å²) in [5, 5.41) is 1.19. The number of aromatic nitrogens is 1. The minimum absolute atomic E-state index is 1.13. The molecule has 0 fully saturated rings. The lowest BCUT2D eigenvalue weighted by atomic mass is 10.3. The van der Waals surface area contributed by atoms with Crippen LogP contribution in [0.1, 0.15) is 39.5 Å². The van der Waals surface area contributed by atoms with Crippen molar-refractivity contribution in [1.82, 2.24) is 4.98 Å². The molecule has 0 aliphatic heterocycles. The fourth-order valence-electron chi connectivity index (χ4n) is 2.00. The first-order valence-electron chi connectivity index (χ1n) is 6.95. The second-order valence-corrected chi connectivity index (χ2v) is 5.67. The minimum atomic E-state index is 1.13. The Hall–Kier alpha value is -1.09. The summed E-state index contributed by atoms with van der Waals surface area (Å²) in [6, 6.07) is 8.42. The summed E-state index contributed by atoms with van der Waals surface area (Å²) in [6.07, 6.45) is 4.99. The monoisotopic (exact) mass is 262 g/mol. The van der Waals surface area contributed by atoms with E-state index >= 15 is 0 Å². The van der Waals surface area contributed by atoms with Crippen LogP contribution in [0.4, 0.5) is 5.13 Å². The van der Waals surface area contributed by atoms with E-state index in [-0.39, 0.29) is 0 Å². The highest BCUT2D eigenvalue weighted by molar-refractivity contribution is 7.22. The third-order valence-electron chi connectivity index (χ3n) is 3.12. The van der Waals surface area contributed by atoms with Crippen molar-refractivity contribution in [2.24, 2.45) is 0 Å². The Labute approximate surface area is 114 Å². The van der Waals surface area contributed by atoms with Crippen molar-refractivity contribution in [2.75, 3.05) is 18.0 Å². The van der Waals surface area contributed by atoms with Crippen LogP contribution in [0.2, 0.25) is 0 Å². The van der Waals surface area contributed by atoms with E-state index < -0.39 is 0 Å². The number of hydrogen-bond donors (Lipinski definition) is 0. The van der Waals surface area contributed by atoms with Gasteiger partial charge in [0, 0.05) is 13.1 Å². The van der Waals surface area contributed by atoms with Crippen molar-refractivity contribution in [1.29, 1.82) is 0 Å². The quantitative estimate of drug-likeness (QED) is 0.719. The molecule has 0 radical (unpaired) electrons. The maximum absolute atomic E-state index is 4.76. The number of thiazole rings is 1. The summed E-state index contributed by atoms with van der Waals surface area (Å²) in [4.78, 5) is 7.22. The Morgan fingerprint density at radius 1 is 1.06 bits per heavy atom. The zero-order chi connectivity index (χ0) is 12.8. The molecule has 0 bridgehead atoms. The van der Waals surface area contributed by atoms with Gasteiger partial charge in [-0.3, -0.25) is 0 Å². The highest BCUT2D eigenvalue weighted by Gasteiger charge is 2.10. The number of hydrogen-bond acceptors (Lipinski definition) is 3. The molecule has 18 heavy (non-hydrogen) atoms. The Kier molecular flexibility index (Phi) is 5.00. The first-order valence-corrected chi connectivity index (χ1v) is 7.77. The molecule has 1 aromatic heterocycles. The molecule has 0 saturated heterocycles. The van der Waals surface area contributed by atoms with Gasteiger partial charge in [-0.2, -0.15) is 0 Å². The van der Waals surface area contributed by atoms with E-state index in [1.165, 1.54) is 35.5 Å². The summed E-state index contributed by atoms with van der Waals surface area (Å²) in [5.41, 5.74) is 1.13. The molecule has 2 aromatic rings. The maximum Gasteiger partial charge on any atom is 0.186 e. The lowest BCUT2D eigenvalue weighted by Crippen LogP contribution is -2.25. The van der Waals surface area contributed by atoms with E-state index in [9.17, 15) is 0 Å². The van der Waals surface area contributed by atoms with Crippen LogP contribution >= 0.6 is 11.3 Å². The summed E-state index contributed by atoms with van der Waals surface area (Å²) in [5.74, 6) is 0. The Balaban J connectivity index is 2.17. The standard InChI is InChI=1S/C15H22N2S/c1-3-5-11-17(12-6-4-2)15-16-13-9-7-8-10-14(13)18-15/h7-10H,3-6,11-12H2,1-2H3. The van der Waals surface area contributed by atoms with Crippen LogP contribution in [0, 0.1) is 0 Å². The number of unbranched alkanes of at least 4 members (excludes halogenated alkanes) is 2. The molecule has 0 unspecified atom stereocenters. The van der Waals surface area contributed by atoms with Crippen LogP contribution in [0.3, 0.4) is 0 Å². The molecule has 0 saturated carbocycles. The molecule has 98 valence electrons. The molecule has 0 N–H and O–H groups in total. The fourth-order valence-corrected chi connectivity index (χ4v) is 3.01. The predicted molar refractivity (Wildman–Crippen MR) is 81.6 cm³/mol. The number of fused-ring (bicyclic) bond motifs is 1. The lowest BCUT2D eigenvalue weighted by molar-refractivity contribution is 0.677. The summed E-state index contributed by atoms with van der Waals surface area (Å²) >= 11 is 1.82. The summed E-state index contributed by atoms with van der Waals surface area (Å²) in [7, 11) is 0. The molecule has 2 nitrogen and oxygen atoms in total. The number of benzene rings is 1. The van der Waals surface area contributed by atoms with Gasteiger partial charge in [-0.15, -0.1) is 0 Å². The Morgan fingerprint density at radius 2 is 1.72 bits per heavy atom. The van der Waals surface area contributed by atoms with Crippen molar-refractivity contribution >= 4 is 26.7 Å². The lowest BCUT2D eigenvalue weighted by Gasteiger charge is -2.21. The molecule has 0 spiro atoms. The number of nitrogens with zero attached hydrogens (tertiary/aromatic N) is 2. The minimum Gasteiger partial charge on any atom is -0.348 e. The first kappa shape index (κ1) is 13.3. The molecule has 1 aromatic carbocycles. The fraction of sp³-hybridized carbons (Fsp3) is 0.533. The largest absolute Gasteiger partial charge is 0.348 e. The van der Waals surface area contributed by atoms with Gasteiger partial charge < -0.3 is 4.90 Å². The second kappa shape index (κ2) is 6.74. The van der Waals surface area contributed by atoms with E-state index in [1.807, 2.05) is 11.3 Å². The van der Waals surface area contributed by atoms with Gasteiger partial charge in [0.2, 0.25) is 0 Å². The van der Waals surface area contributed by atoms with Gasteiger partial charge in [-0.05, 0) is 25.0 Å². The summed E-state index contributed by atoms with van der Waals surface area (Å²) < 4.78 is 1.30. The predicted octanol–water partition coefficient (Wildman–Crippen LogP) is 4.70. The third-order valence-corrected chi connectivity index (χ3v) is 4.21. The highest BCUT2D eigenvalue weighted by atomic mass is 32.1. The molecule has 3 heteroatoms. The number of anilines is 1. The van der Waals surface area contributed by atoms with Gasteiger partial charge in [0.25, 0.3) is 0 Å². The van der Waals surface area contributed by atoms with E-state index in [0.717, 1.165) is 18.6 Å². The van der Waals surface area contributed by atoms with Crippen LogP contribution < -0.4 is 4.90 Å². The van der Waals surface area contributed by atoms with Crippen molar-refractivity contribution in [3.63, 3.8) is 0 Å². The molecule has 0 aliphatic rings. The number of rotatable bonds is 7. The topological polar surface area (TPSA) is 16.1 Å². The van der Waals surface area contributed by atoms with Gasteiger partial charge in [-0.25, -0.2) is 4.98 Å². The van der Waals surface area contributed by atoms with Crippen LogP contribution in [0.15, 0.2) is 24.3 Å². The van der Waals surface area contributed by atoms with Crippen molar-refractivity contribution in [2.45, 2.75) is 39.5 Å². The van der Waals surface area contributed by atoms with E-state index in [1.54, 1.807) is 0 Å². The molecule has 0 amide bonds. The van der Waals surface area contributed by atoms with Crippen LogP contribution in [-0.2, 0) is 0 Å². The van der Waals surface area contributed by atoms with Gasteiger partial charge in [-0.1, -0.05) is 50.2 Å². The Bertz CT molecular complexity index is 437. The average Bonchev–Trinajstić information content (AvgIpc) is 2.82. The smallest absolute Gasteiger partial charge is 0.186 e. The van der Waals surface area contributed by atoms with E-state index in [4.69, 9.17) is 4.98 Å². The van der Waals surface area contributed by atoms with Gasteiger partial charge in [0.15, 0.2) is 5.13 Å². The third kappa shape index (κ3) is 3.22. The summed E-state index contributed by atoms with van der Waals surface area (Å²) in [6.45, 7) is 6.76. The van der Waals surface area contributed by atoms with Crippen LogP contribution in [0.5, 0.6) is 0 Å². The SMILES string of the molecule is CCCCN(CCCC)c1nc2ccccc2s1. The number of para-hydroxylation sites is 1. The normalized spacial score (nSPS) is 11.0. The van der Waals surface area contributed by atoms with Crippen molar-refractivity contribution in [3.05, 3.63) is 24.3 Å². The molecular formula is C15H22N2S. The Morgan fingerprint density at radius 3 is 2.33 bits per heavy atom. The molecule has 0 atom stereocenters. The van der Waals surface area contributed by atoms with Crippen molar-refractivity contribution < 1.29 is 0 Å². The van der Waals surface area contributed by atoms with E-state index in [2.05, 4.69) is 43.0 Å². The molecular weight excluding hydrogens is 240 g/mol. The van der Waals surface area contributed by atoms with Crippen LogP contribution in [0.25, 0.3) is 10.2 Å². The first-order chi connectivity index (χ1) is 8.85. The molecule has 0 aliphatic carbocycles. The molecule has 1 heterocycles. The average molecular weight is 262 g/mol. The van der Waals surface area contributed by atoms with Gasteiger partial charge in [0.05, 0.1) is 10.2 Å². The van der Waals surface area contributed by atoms with Crippen molar-refractivity contribution in [3.8, 4) is 0 Å². The zero-order valence-corrected chi connectivity index (χ0v) is 12.2. The van der Waals surface area contributed by atoms with E-state index in [0.29, 0.717) is 0 Å². The molecule has 2 rings (SSSR count). The zero-order valence-electron chi connectivity index (χ0n) is 11.4.